The number of carbonyl (C=O) groups is 1. The molecule has 0 unspecified atom stereocenters. The maximum absolute atomic E-state index is 11.5. The fourth-order valence-corrected chi connectivity index (χ4v) is 1.94. The van der Waals surface area contributed by atoms with E-state index in [1.54, 1.807) is 0 Å². The second-order valence-electron chi connectivity index (χ2n) is 4.50. The maximum Gasteiger partial charge on any atom is 0.164 e. The average Bonchev–Trinajstić information content (AvgIpc) is 2.56. The van der Waals surface area contributed by atoms with E-state index in [9.17, 15) is 4.79 Å². The van der Waals surface area contributed by atoms with Gasteiger partial charge in [0.25, 0.3) is 0 Å². The Morgan fingerprint density at radius 2 is 1.81 bits per heavy atom. The van der Waals surface area contributed by atoms with Gasteiger partial charge in [-0.15, -0.1) is 0 Å². The number of ether oxygens (including phenoxy) is 2. The normalized spacial score (nSPS) is 27.9. The van der Waals surface area contributed by atoms with Crippen molar-refractivity contribution in [1.82, 2.24) is 0 Å². The predicted octanol–water partition coefficient (Wildman–Crippen LogP) is 2.47. The number of ketones is 1. The van der Waals surface area contributed by atoms with Crippen LogP contribution in [-0.2, 0) is 14.3 Å². The van der Waals surface area contributed by atoms with Crippen molar-refractivity contribution in [2.45, 2.75) is 38.8 Å². The number of hydrogen-bond acceptors (Lipinski definition) is 3. The molecular weight excluding hydrogens is 204 g/mol. The maximum atomic E-state index is 11.5. The lowest BCUT2D eigenvalue weighted by Gasteiger charge is -2.16. The van der Waals surface area contributed by atoms with Gasteiger partial charge in [0.05, 0.1) is 0 Å². The van der Waals surface area contributed by atoms with E-state index in [0.29, 0.717) is 0 Å². The van der Waals surface area contributed by atoms with Crippen LogP contribution in [0.25, 0.3) is 0 Å². The molecular formula is C13H16O3. The van der Waals surface area contributed by atoms with Crippen LogP contribution < -0.4 is 0 Å². The Morgan fingerprint density at radius 3 is 2.38 bits per heavy atom. The van der Waals surface area contributed by atoms with Gasteiger partial charge in [-0.05, 0) is 26.3 Å². The number of Topliss-reactive ketones (excluding diaryl/α,β-unsaturated/α-hetero) is 1. The van der Waals surface area contributed by atoms with Crippen molar-refractivity contribution in [3.05, 3.63) is 35.9 Å². The third kappa shape index (κ3) is 2.15. The first kappa shape index (κ1) is 11.3. The summed E-state index contributed by atoms with van der Waals surface area (Å²) in [4.78, 5) is 11.5. The van der Waals surface area contributed by atoms with Gasteiger partial charge in [-0.3, -0.25) is 4.79 Å². The number of benzene rings is 1. The van der Waals surface area contributed by atoms with Gasteiger partial charge in [-0.1, -0.05) is 30.3 Å². The Bertz CT molecular complexity index is 383. The first-order chi connectivity index (χ1) is 7.49. The third-order valence-corrected chi connectivity index (χ3v) is 2.63. The lowest BCUT2D eigenvalue weighted by atomic mass is 10.0. The molecule has 0 aliphatic carbocycles. The Morgan fingerprint density at radius 1 is 1.19 bits per heavy atom. The van der Waals surface area contributed by atoms with Crippen LogP contribution in [0.2, 0.25) is 0 Å². The van der Waals surface area contributed by atoms with Crippen molar-refractivity contribution in [2.24, 2.45) is 0 Å². The van der Waals surface area contributed by atoms with Crippen LogP contribution in [0.4, 0.5) is 0 Å². The molecule has 1 aliphatic heterocycles. The Labute approximate surface area is 95.4 Å². The monoisotopic (exact) mass is 220 g/mol. The van der Waals surface area contributed by atoms with E-state index in [2.05, 4.69) is 0 Å². The zero-order valence-corrected chi connectivity index (χ0v) is 9.77. The summed E-state index contributed by atoms with van der Waals surface area (Å²) in [5.74, 6) is -0.698. The van der Waals surface area contributed by atoms with Crippen LogP contribution in [0.1, 0.15) is 32.4 Å². The third-order valence-electron chi connectivity index (χ3n) is 2.63. The number of rotatable bonds is 2. The number of hydrogen-bond donors (Lipinski definition) is 0. The van der Waals surface area contributed by atoms with Crippen molar-refractivity contribution >= 4 is 5.78 Å². The molecule has 0 aromatic heterocycles. The fourth-order valence-electron chi connectivity index (χ4n) is 1.94. The summed E-state index contributed by atoms with van der Waals surface area (Å²) in [5.41, 5.74) is 0.980. The summed E-state index contributed by atoms with van der Waals surface area (Å²) in [6.07, 6.45) is -0.800. The summed E-state index contributed by atoms with van der Waals surface area (Å²) in [7, 11) is 0. The van der Waals surface area contributed by atoms with Crippen LogP contribution >= 0.6 is 0 Å². The highest BCUT2D eigenvalue weighted by Gasteiger charge is 2.44. The van der Waals surface area contributed by atoms with Crippen LogP contribution in [0.15, 0.2) is 30.3 Å². The topological polar surface area (TPSA) is 35.5 Å². The van der Waals surface area contributed by atoms with Crippen molar-refractivity contribution in [1.29, 1.82) is 0 Å². The molecule has 1 aromatic carbocycles. The summed E-state index contributed by atoms with van der Waals surface area (Å²) in [6, 6.07) is 9.70. The molecule has 3 heteroatoms. The smallest absolute Gasteiger partial charge is 0.164 e. The van der Waals surface area contributed by atoms with Gasteiger partial charge < -0.3 is 9.47 Å². The van der Waals surface area contributed by atoms with Gasteiger partial charge >= 0.3 is 0 Å². The SMILES string of the molecule is CC(=O)[C@@H]1OC(C)(C)O[C@H]1c1ccccc1. The summed E-state index contributed by atoms with van der Waals surface area (Å²) >= 11 is 0. The van der Waals surface area contributed by atoms with Crippen LogP contribution in [0, 0.1) is 0 Å². The lowest BCUT2D eigenvalue weighted by molar-refractivity contribution is -0.154. The van der Waals surface area contributed by atoms with E-state index in [4.69, 9.17) is 9.47 Å². The average molecular weight is 220 g/mol. The van der Waals surface area contributed by atoms with Crippen LogP contribution in [0.5, 0.6) is 0 Å². The van der Waals surface area contributed by atoms with Crippen molar-refractivity contribution in [3.8, 4) is 0 Å². The highest BCUT2D eigenvalue weighted by Crippen LogP contribution is 2.38. The molecule has 0 radical (unpaired) electrons. The van der Waals surface area contributed by atoms with Gasteiger partial charge in [0.2, 0.25) is 0 Å². The first-order valence-electron chi connectivity index (χ1n) is 5.41. The molecule has 3 nitrogen and oxygen atoms in total. The van der Waals surface area contributed by atoms with Crippen molar-refractivity contribution in [3.63, 3.8) is 0 Å². The molecule has 16 heavy (non-hydrogen) atoms. The van der Waals surface area contributed by atoms with Gasteiger partial charge in [0, 0.05) is 0 Å². The molecule has 1 saturated heterocycles. The van der Waals surface area contributed by atoms with Crippen LogP contribution in [0.3, 0.4) is 0 Å². The van der Waals surface area contributed by atoms with Gasteiger partial charge in [-0.25, -0.2) is 0 Å². The van der Waals surface area contributed by atoms with E-state index in [0.717, 1.165) is 5.56 Å². The number of carbonyl (C=O) groups excluding carboxylic acids is 1. The standard InChI is InChI=1S/C13H16O3/c1-9(14)11-12(16-13(2,3)15-11)10-7-5-4-6-8-10/h4-8,11-12H,1-3H3/t11-,12-/m0/s1. The molecule has 1 aliphatic rings. The molecule has 0 amide bonds. The minimum Gasteiger partial charge on any atom is -0.339 e. The Hall–Kier alpha value is -1.19. The molecule has 0 saturated carbocycles. The summed E-state index contributed by atoms with van der Waals surface area (Å²) in [5, 5.41) is 0. The van der Waals surface area contributed by atoms with E-state index >= 15 is 0 Å². The molecule has 2 rings (SSSR count). The second-order valence-corrected chi connectivity index (χ2v) is 4.50. The molecule has 2 atom stereocenters. The molecule has 1 heterocycles. The summed E-state index contributed by atoms with van der Waals surface area (Å²) < 4.78 is 11.4. The quantitative estimate of drug-likeness (QED) is 0.768. The van der Waals surface area contributed by atoms with E-state index < -0.39 is 11.9 Å². The summed E-state index contributed by atoms with van der Waals surface area (Å²) in [6.45, 7) is 5.18. The first-order valence-corrected chi connectivity index (χ1v) is 5.41. The predicted molar refractivity (Wildman–Crippen MR) is 59.9 cm³/mol. The largest absolute Gasteiger partial charge is 0.339 e. The zero-order valence-electron chi connectivity index (χ0n) is 9.77. The van der Waals surface area contributed by atoms with E-state index in [1.165, 1.54) is 6.92 Å². The van der Waals surface area contributed by atoms with Gasteiger partial charge in [-0.2, -0.15) is 0 Å². The minimum absolute atomic E-state index is 0.000530. The van der Waals surface area contributed by atoms with E-state index in [-0.39, 0.29) is 11.9 Å². The Balaban J connectivity index is 2.29. The molecule has 0 bridgehead atoms. The highest BCUT2D eigenvalue weighted by atomic mass is 16.8. The second kappa shape index (κ2) is 4.00. The molecule has 1 aromatic rings. The fraction of sp³-hybridized carbons (Fsp3) is 0.462. The van der Waals surface area contributed by atoms with Crippen molar-refractivity contribution in [2.75, 3.05) is 0 Å². The van der Waals surface area contributed by atoms with Crippen molar-refractivity contribution < 1.29 is 14.3 Å². The van der Waals surface area contributed by atoms with Gasteiger partial charge in [0.15, 0.2) is 11.6 Å². The molecule has 86 valence electrons. The lowest BCUT2D eigenvalue weighted by Crippen LogP contribution is -2.25. The highest BCUT2D eigenvalue weighted by molar-refractivity contribution is 5.81. The molecule has 0 N–H and O–H groups in total. The minimum atomic E-state index is -0.698. The molecule has 1 fully saturated rings. The Kier molecular flexibility index (Phi) is 2.82. The van der Waals surface area contributed by atoms with Crippen LogP contribution in [-0.4, -0.2) is 17.7 Å². The van der Waals surface area contributed by atoms with E-state index in [1.807, 2.05) is 44.2 Å². The zero-order chi connectivity index (χ0) is 11.8. The van der Waals surface area contributed by atoms with Gasteiger partial charge in [0.1, 0.15) is 12.2 Å². The molecule has 0 spiro atoms.